The van der Waals surface area contributed by atoms with Gasteiger partial charge < -0.3 is 5.73 Å². The molecule has 1 aromatic rings. The van der Waals surface area contributed by atoms with E-state index in [1.807, 2.05) is 19.1 Å². The monoisotopic (exact) mass is 207 g/mol. The number of benzene rings is 1. The van der Waals surface area contributed by atoms with Crippen LogP contribution in [0.2, 0.25) is 0 Å². The highest BCUT2D eigenvalue weighted by Gasteiger charge is 2.18. The van der Waals surface area contributed by atoms with Crippen LogP contribution in [-0.4, -0.2) is 4.86 Å². The van der Waals surface area contributed by atoms with Gasteiger partial charge in [0, 0.05) is 10.6 Å². The van der Waals surface area contributed by atoms with Gasteiger partial charge in [0.1, 0.15) is 0 Å². The lowest BCUT2D eigenvalue weighted by Gasteiger charge is -2.20. The number of aryl methyl sites for hydroxylation is 1. The van der Waals surface area contributed by atoms with E-state index in [0.29, 0.717) is 0 Å². The average molecular weight is 207 g/mol. The van der Waals surface area contributed by atoms with Crippen molar-refractivity contribution in [3.8, 4) is 0 Å². The quantitative estimate of drug-likeness (QED) is 0.434. The summed E-state index contributed by atoms with van der Waals surface area (Å²) in [5.41, 5.74) is 8.82. The first-order valence-corrected chi connectivity index (χ1v) is 5.14. The van der Waals surface area contributed by atoms with E-state index in [4.69, 9.17) is 18.0 Å². The summed E-state index contributed by atoms with van der Waals surface area (Å²) in [6.45, 7) is 8.38. The fourth-order valence-electron chi connectivity index (χ4n) is 1.25. The molecule has 0 unspecified atom stereocenters. The summed E-state index contributed by atoms with van der Waals surface area (Å²) in [5.74, 6) is 0. The summed E-state index contributed by atoms with van der Waals surface area (Å²) >= 11 is 5.42. The standard InChI is InChI=1S/C12H17NS/c1-8-7-9(5-6-10(8)13)11(14)12(2,3)4/h5-7H,13H2,1-4H3. The maximum absolute atomic E-state index is 5.75. The molecule has 0 aliphatic rings. The van der Waals surface area contributed by atoms with Gasteiger partial charge in [-0.3, -0.25) is 0 Å². The van der Waals surface area contributed by atoms with Crippen LogP contribution in [0.3, 0.4) is 0 Å². The Morgan fingerprint density at radius 2 is 1.86 bits per heavy atom. The molecule has 2 N–H and O–H groups in total. The van der Waals surface area contributed by atoms with Crippen LogP contribution >= 0.6 is 12.2 Å². The summed E-state index contributed by atoms with van der Waals surface area (Å²) in [6.07, 6.45) is 0. The number of nitrogen functional groups attached to an aromatic ring is 1. The van der Waals surface area contributed by atoms with Crippen molar-refractivity contribution in [1.29, 1.82) is 0 Å². The maximum atomic E-state index is 5.75. The van der Waals surface area contributed by atoms with Crippen LogP contribution in [0.1, 0.15) is 31.9 Å². The molecule has 0 heterocycles. The van der Waals surface area contributed by atoms with Crippen molar-refractivity contribution in [3.05, 3.63) is 29.3 Å². The second-order valence-corrected chi connectivity index (χ2v) is 5.06. The number of hydrogen-bond donors (Lipinski definition) is 1. The Labute approximate surface area is 91.3 Å². The third kappa shape index (κ3) is 2.32. The second kappa shape index (κ2) is 3.70. The molecule has 0 aliphatic carbocycles. The zero-order chi connectivity index (χ0) is 10.9. The van der Waals surface area contributed by atoms with Crippen molar-refractivity contribution in [2.75, 3.05) is 5.73 Å². The summed E-state index contributed by atoms with van der Waals surface area (Å²) < 4.78 is 0. The molecule has 1 rings (SSSR count). The zero-order valence-corrected chi connectivity index (χ0v) is 10.0. The third-order valence-electron chi connectivity index (χ3n) is 2.21. The average Bonchev–Trinajstić information content (AvgIpc) is 2.07. The van der Waals surface area contributed by atoms with Crippen molar-refractivity contribution in [3.63, 3.8) is 0 Å². The Bertz CT molecular complexity index is 361. The second-order valence-electron chi connectivity index (χ2n) is 4.65. The van der Waals surface area contributed by atoms with Gasteiger partial charge in [0.2, 0.25) is 0 Å². The largest absolute Gasteiger partial charge is 0.399 e. The molecule has 0 bridgehead atoms. The molecule has 0 fully saturated rings. The first kappa shape index (κ1) is 11.2. The highest BCUT2D eigenvalue weighted by Crippen LogP contribution is 2.24. The van der Waals surface area contributed by atoms with Crippen LogP contribution in [0.5, 0.6) is 0 Å². The van der Waals surface area contributed by atoms with Crippen molar-refractivity contribution in [2.45, 2.75) is 27.7 Å². The summed E-state index contributed by atoms with van der Waals surface area (Å²) in [6, 6.07) is 5.97. The predicted octanol–water partition coefficient (Wildman–Crippen LogP) is 3.34. The van der Waals surface area contributed by atoms with Gasteiger partial charge in [-0.25, -0.2) is 0 Å². The first-order valence-electron chi connectivity index (χ1n) is 4.73. The van der Waals surface area contributed by atoms with Crippen LogP contribution in [0.15, 0.2) is 18.2 Å². The minimum atomic E-state index is 0.0396. The molecule has 2 heteroatoms. The number of hydrogen-bond acceptors (Lipinski definition) is 2. The maximum Gasteiger partial charge on any atom is 0.0344 e. The lowest BCUT2D eigenvalue weighted by atomic mass is 9.87. The van der Waals surface area contributed by atoms with E-state index in [-0.39, 0.29) is 5.41 Å². The van der Waals surface area contributed by atoms with Gasteiger partial charge in [-0.15, -0.1) is 0 Å². The highest BCUT2D eigenvalue weighted by molar-refractivity contribution is 7.81. The van der Waals surface area contributed by atoms with Gasteiger partial charge in [0.05, 0.1) is 0 Å². The molecule has 0 radical (unpaired) electrons. The van der Waals surface area contributed by atoms with Crippen LogP contribution in [0.4, 0.5) is 5.69 Å². The molecule has 1 aromatic carbocycles. The molecular formula is C12H17NS. The number of thiocarbonyl (C=S) groups is 1. The smallest absolute Gasteiger partial charge is 0.0344 e. The van der Waals surface area contributed by atoms with Crippen LogP contribution in [-0.2, 0) is 0 Å². The minimum Gasteiger partial charge on any atom is -0.399 e. The van der Waals surface area contributed by atoms with E-state index in [9.17, 15) is 0 Å². The van der Waals surface area contributed by atoms with Gasteiger partial charge >= 0.3 is 0 Å². The van der Waals surface area contributed by atoms with Crippen LogP contribution in [0.25, 0.3) is 0 Å². The topological polar surface area (TPSA) is 26.0 Å². The van der Waals surface area contributed by atoms with Crippen molar-refractivity contribution >= 4 is 22.8 Å². The fourth-order valence-corrected chi connectivity index (χ4v) is 1.38. The molecule has 0 spiro atoms. The first-order chi connectivity index (χ1) is 6.32. The number of nitrogens with two attached hydrogens (primary N) is 1. The molecule has 0 atom stereocenters. The molecule has 0 amide bonds. The lowest BCUT2D eigenvalue weighted by molar-refractivity contribution is 0.602. The number of rotatable bonds is 1. The Morgan fingerprint density at radius 3 is 2.29 bits per heavy atom. The zero-order valence-electron chi connectivity index (χ0n) is 9.22. The van der Waals surface area contributed by atoms with Gasteiger partial charge in [0.15, 0.2) is 0 Å². The van der Waals surface area contributed by atoms with Crippen LogP contribution < -0.4 is 5.73 Å². The number of anilines is 1. The van der Waals surface area contributed by atoms with Gasteiger partial charge in [-0.2, -0.15) is 0 Å². The van der Waals surface area contributed by atoms with E-state index in [0.717, 1.165) is 21.7 Å². The Balaban J connectivity index is 3.10. The minimum absolute atomic E-state index is 0.0396. The van der Waals surface area contributed by atoms with Gasteiger partial charge in [-0.05, 0) is 35.6 Å². The predicted molar refractivity (Wildman–Crippen MR) is 66.7 cm³/mol. The highest BCUT2D eigenvalue weighted by atomic mass is 32.1. The van der Waals surface area contributed by atoms with Crippen molar-refractivity contribution in [2.24, 2.45) is 5.41 Å². The SMILES string of the molecule is Cc1cc(C(=S)C(C)(C)C)ccc1N. The Kier molecular flexibility index (Phi) is 2.95. The molecular weight excluding hydrogens is 190 g/mol. The van der Waals surface area contributed by atoms with E-state index in [2.05, 4.69) is 26.8 Å². The van der Waals surface area contributed by atoms with E-state index in [1.165, 1.54) is 0 Å². The molecule has 0 aliphatic heterocycles. The van der Waals surface area contributed by atoms with Crippen molar-refractivity contribution < 1.29 is 0 Å². The fraction of sp³-hybridized carbons (Fsp3) is 0.417. The van der Waals surface area contributed by atoms with E-state index >= 15 is 0 Å². The molecule has 1 nitrogen and oxygen atoms in total. The Hall–Kier alpha value is -0.890. The van der Waals surface area contributed by atoms with Gasteiger partial charge in [-0.1, -0.05) is 39.1 Å². The molecule has 0 aromatic heterocycles. The van der Waals surface area contributed by atoms with E-state index in [1.54, 1.807) is 0 Å². The van der Waals surface area contributed by atoms with E-state index < -0.39 is 0 Å². The molecule has 0 saturated heterocycles. The Morgan fingerprint density at radius 1 is 1.29 bits per heavy atom. The van der Waals surface area contributed by atoms with Gasteiger partial charge in [0.25, 0.3) is 0 Å². The summed E-state index contributed by atoms with van der Waals surface area (Å²) in [7, 11) is 0. The normalized spacial score (nSPS) is 11.4. The summed E-state index contributed by atoms with van der Waals surface area (Å²) in [4.78, 5) is 0.987. The lowest BCUT2D eigenvalue weighted by Crippen LogP contribution is -2.19. The summed E-state index contributed by atoms with van der Waals surface area (Å²) in [5, 5.41) is 0. The van der Waals surface area contributed by atoms with Crippen LogP contribution in [0, 0.1) is 12.3 Å². The van der Waals surface area contributed by atoms with Crippen molar-refractivity contribution in [1.82, 2.24) is 0 Å². The molecule has 14 heavy (non-hydrogen) atoms. The third-order valence-corrected chi connectivity index (χ3v) is 3.06. The molecule has 76 valence electrons. The molecule has 0 saturated carbocycles.